The minimum absolute atomic E-state index is 0.0505. The van der Waals surface area contributed by atoms with Gasteiger partial charge in [-0.2, -0.15) is 0 Å². The molecule has 0 spiro atoms. The van der Waals surface area contributed by atoms with Crippen LogP contribution in [-0.4, -0.2) is 41.6 Å². The predicted octanol–water partition coefficient (Wildman–Crippen LogP) is 2.75. The van der Waals surface area contributed by atoms with Gasteiger partial charge < -0.3 is 15.3 Å². The van der Waals surface area contributed by atoms with Crippen molar-refractivity contribution < 1.29 is 14.3 Å². The topological polar surface area (TPSA) is 52.6 Å². The highest BCUT2D eigenvalue weighted by Crippen LogP contribution is 2.20. The van der Waals surface area contributed by atoms with Crippen molar-refractivity contribution in [3.8, 4) is 0 Å². The average molecular weight is 342 g/mol. The van der Waals surface area contributed by atoms with Crippen LogP contribution in [0.3, 0.4) is 0 Å². The monoisotopic (exact) mass is 342 g/mol. The Morgan fingerprint density at radius 1 is 1.12 bits per heavy atom. The van der Waals surface area contributed by atoms with Gasteiger partial charge >= 0.3 is 0 Å². The molecule has 0 bridgehead atoms. The van der Waals surface area contributed by atoms with Crippen molar-refractivity contribution in [3.05, 3.63) is 71.5 Å². The third-order valence-electron chi connectivity index (χ3n) is 4.65. The van der Waals surface area contributed by atoms with E-state index in [9.17, 15) is 14.3 Å². The Balaban J connectivity index is 1.47. The van der Waals surface area contributed by atoms with Crippen LogP contribution < -0.4 is 5.32 Å². The van der Waals surface area contributed by atoms with E-state index in [1.165, 1.54) is 6.07 Å². The van der Waals surface area contributed by atoms with Crippen LogP contribution >= 0.6 is 0 Å². The highest BCUT2D eigenvalue weighted by molar-refractivity contribution is 5.94. The zero-order valence-corrected chi connectivity index (χ0v) is 14.1. The summed E-state index contributed by atoms with van der Waals surface area (Å²) in [5, 5.41) is 13.3. The fraction of sp³-hybridized carbons (Fsp3) is 0.350. The number of aliphatic hydroxyl groups excluding tert-OH is 1. The van der Waals surface area contributed by atoms with Crippen LogP contribution in [0.25, 0.3) is 0 Å². The van der Waals surface area contributed by atoms with Gasteiger partial charge in [0, 0.05) is 36.8 Å². The van der Waals surface area contributed by atoms with Crippen LogP contribution in [0.1, 0.15) is 34.9 Å². The van der Waals surface area contributed by atoms with Gasteiger partial charge in [-0.1, -0.05) is 36.4 Å². The number of halogens is 1. The van der Waals surface area contributed by atoms with E-state index in [2.05, 4.69) is 10.2 Å². The van der Waals surface area contributed by atoms with Gasteiger partial charge in [-0.15, -0.1) is 0 Å². The second-order valence-corrected chi connectivity index (χ2v) is 6.45. The predicted molar refractivity (Wildman–Crippen MR) is 94.7 cm³/mol. The fourth-order valence-electron chi connectivity index (χ4n) is 3.21. The Morgan fingerprint density at radius 3 is 2.44 bits per heavy atom. The summed E-state index contributed by atoms with van der Waals surface area (Å²) in [5.41, 5.74) is 1.00. The molecule has 0 unspecified atom stereocenters. The maximum atomic E-state index is 13.7. The smallest absolute Gasteiger partial charge is 0.251 e. The van der Waals surface area contributed by atoms with Crippen molar-refractivity contribution in [3.63, 3.8) is 0 Å². The Bertz CT molecular complexity index is 700. The summed E-state index contributed by atoms with van der Waals surface area (Å²) in [6.45, 7) is 1.94. The van der Waals surface area contributed by atoms with Crippen molar-refractivity contribution >= 4 is 5.91 Å². The van der Waals surface area contributed by atoms with Gasteiger partial charge in [0.05, 0.1) is 6.10 Å². The van der Waals surface area contributed by atoms with Crippen molar-refractivity contribution in [1.29, 1.82) is 0 Å². The van der Waals surface area contributed by atoms with Crippen molar-refractivity contribution in [2.24, 2.45) is 0 Å². The Kier molecular flexibility index (Phi) is 5.79. The number of piperidine rings is 1. The third kappa shape index (κ3) is 4.65. The zero-order chi connectivity index (χ0) is 17.6. The van der Waals surface area contributed by atoms with E-state index in [1.54, 1.807) is 30.3 Å². The van der Waals surface area contributed by atoms with Crippen LogP contribution in [0.4, 0.5) is 4.39 Å². The summed E-state index contributed by atoms with van der Waals surface area (Å²) in [6, 6.07) is 15.6. The number of hydrogen-bond donors (Lipinski definition) is 2. The number of hydrogen-bond acceptors (Lipinski definition) is 3. The van der Waals surface area contributed by atoms with Gasteiger partial charge in [0.25, 0.3) is 5.91 Å². The molecule has 0 aliphatic carbocycles. The molecule has 2 aromatic carbocycles. The molecule has 1 amide bonds. The summed E-state index contributed by atoms with van der Waals surface area (Å²) >= 11 is 0. The van der Waals surface area contributed by atoms with Gasteiger partial charge in [-0.05, 0) is 31.0 Å². The largest absolute Gasteiger partial charge is 0.387 e. The molecule has 1 saturated heterocycles. The lowest BCUT2D eigenvalue weighted by Gasteiger charge is -2.33. The number of likely N-dealkylation sites (tertiary alicyclic amines) is 1. The average Bonchev–Trinajstić information content (AvgIpc) is 2.64. The van der Waals surface area contributed by atoms with E-state index >= 15 is 0 Å². The van der Waals surface area contributed by atoms with Crippen LogP contribution in [0.15, 0.2) is 54.6 Å². The van der Waals surface area contributed by atoms with E-state index in [4.69, 9.17) is 0 Å². The van der Waals surface area contributed by atoms with Gasteiger partial charge in [0.2, 0.25) is 0 Å². The van der Waals surface area contributed by atoms with E-state index in [0.29, 0.717) is 17.7 Å². The number of rotatable bonds is 5. The Morgan fingerprint density at radius 2 is 1.76 bits per heavy atom. The maximum Gasteiger partial charge on any atom is 0.251 e. The molecule has 4 nitrogen and oxygen atoms in total. The van der Waals surface area contributed by atoms with Gasteiger partial charge in [0.15, 0.2) is 0 Å². The van der Waals surface area contributed by atoms with Crippen molar-refractivity contribution in [2.75, 3.05) is 19.6 Å². The standard InChI is InChI=1S/C20H23FN2O2/c21-18-9-5-4-8-17(18)19(24)14-23-12-10-16(11-13-23)22-20(25)15-6-2-1-3-7-15/h1-9,16,19,24H,10-14H2,(H,22,25)/t19-/m1/s1. The number of benzene rings is 2. The summed E-state index contributed by atoms with van der Waals surface area (Å²) in [5.74, 6) is -0.426. The molecule has 1 atom stereocenters. The SMILES string of the molecule is O=C(NC1CCN(C[C@@H](O)c2ccccc2F)CC1)c1ccccc1. The zero-order valence-electron chi connectivity index (χ0n) is 14.1. The molecule has 0 aromatic heterocycles. The quantitative estimate of drug-likeness (QED) is 0.878. The summed E-state index contributed by atoms with van der Waals surface area (Å²) in [4.78, 5) is 14.3. The first kappa shape index (κ1) is 17.6. The molecule has 3 rings (SSSR count). The highest BCUT2D eigenvalue weighted by atomic mass is 19.1. The molecule has 1 aliphatic rings. The van der Waals surface area contributed by atoms with Crippen LogP contribution in [-0.2, 0) is 0 Å². The molecular weight excluding hydrogens is 319 g/mol. The van der Waals surface area contributed by atoms with E-state index in [0.717, 1.165) is 25.9 Å². The van der Waals surface area contributed by atoms with Crippen LogP contribution in [0, 0.1) is 5.82 Å². The number of aliphatic hydroxyl groups is 1. The Hall–Kier alpha value is -2.24. The number of β-amino-alcohol motifs (C(OH)–C–C–N with tert-alkyl or cyclic N) is 1. The van der Waals surface area contributed by atoms with Crippen LogP contribution in [0.5, 0.6) is 0 Å². The molecule has 1 aliphatic heterocycles. The van der Waals surface area contributed by atoms with E-state index in [1.807, 2.05) is 18.2 Å². The molecule has 2 N–H and O–H groups in total. The summed E-state index contributed by atoms with van der Waals surface area (Å²) < 4.78 is 13.7. The summed E-state index contributed by atoms with van der Waals surface area (Å²) in [7, 11) is 0. The lowest BCUT2D eigenvalue weighted by molar-refractivity contribution is 0.0818. The molecule has 0 saturated carbocycles. The second kappa shape index (κ2) is 8.23. The first-order valence-electron chi connectivity index (χ1n) is 8.64. The molecule has 1 heterocycles. The minimum Gasteiger partial charge on any atom is -0.387 e. The number of nitrogens with one attached hydrogen (secondary N) is 1. The Labute approximate surface area is 147 Å². The number of carbonyl (C=O) groups excluding carboxylic acids is 1. The van der Waals surface area contributed by atoms with Crippen molar-refractivity contribution in [2.45, 2.75) is 25.0 Å². The maximum absolute atomic E-state index is 13.7. The van der Waals surface area contributed by atoms with Gasteiger partial charge in [-0.25, -0.2) is 4.39 Å². The van der Waals surface area contributed by atoms with E-state index < -0.39 is 6.10 Å². The normalized spacial score (nSPS) is 17.2. The van der Waals surface area contributed by atoms with Crippen molar-refractivity contribution in [1.82, 2.24) is 10.2 Å². The number of carbonyl (C=O) groups is 1. The van der Waals surface area contributed by atoms with Crippen LogP contribution in [0.2, 0.25) is 0 Å². The molecule has 132 valence electrons. The lowest BCUT2D eigenvalue weighted by atomic mass is 10.0. The third-order valence-corrected chi connectivity index (χ3v) is 4.65. The molecule has 25 heavy (non-hydrogen) atoms. The molecule has 2 aromatic rings. The van der Waals surface area contributed by atoms with Gasteiger partial charge in [0.1, 0.15) is 5.82 Å². The highest BCUT2D eigenvalue weighted by Gasteiger charge is 2.23. The molecule has 0 radical (unpaired) electrons. The molecule has 1 fully saturated rings. The molecule has 5 heteroatoms. The lowest BCUT2D eigenvalue weighted by Crippen LogP contribution is -2.45. The first-order chi connectivity index (χ1) is 12.1. The number of nitrogens with zero attached hydrogens (tertiary/aromatic N) is 1. The number of amides is 1. The fourth-order valence-corrected chi connectivity index (χ4v) is 3.21. The van der Waals surface area contributed by atoms with Gasteiger partial charge in [-0.3, -0.25) is 4.79 Å². The summed E-state index contributed by atoms with van der Waals surface area (Å²) in [6.07, 6.45) is 0.808. The minimum atomic E-state index is -0.836. The molecular formula is C20H23FN2O2. The first-order valence-corrected chi connectivity index (χ1v) is 8.64. The second-order valence-electron chi connectivity index (χ2n) is 6.45. The van der Waals surface area contributed by atoms with E-state index in [-0.39, 0.29) is 17.8 Å².